The van der Waals surface area contributed by atoms with Crippen molar-refractivity contribution in [1.29, 1.82) is 0 Å². The second kappa shape index (κ2) is 23.4. The Kier molecular flexibility index (Phi) is 22.7. The summed E-state index contributed by atoms with van der Waals surface area (Å²) in [5.41, 5.74) is 5.27. The largest absolute Gasteiger partial charge is 0.472 e. The number of ether oxygens (including phenoxy) is 2. The molecule has 0 spiro atoms. The smallest absolute Gasteiger partial charge is 0.462 e. The molecule has 0 bridgehead atoms. The van der Waals surface area contributed by atoms with Crippen LogP contribution in [0.3, 0.4) is 0 Å². The molecule has 0 aromatic heterocycles. The maximum Gasteiger partial charge on any atom is 0.472 e. The van der Waals surface area contributed by atoms with Gasteiger partial charge in [-0.25, -0.2) is 4.57 Å². The molecule has 2 atom stereocenters. The van der Waals surface area contributed by atoms with Crippen molar-refractivity contribution in [3.8, 4) is 0 Å². The van der Waals surface area contributed by atoms with Crippen molar-refractivity contribution >= 4 is 19.8 Å². The molecule has 208 valence electrons. The van der Waals surface area contributed by atoms with E-state index in [0.29, 0.717) is 6.42 Å². The zero-order valence-electron chi connectivity index (χ0n) is 22.0. The Balaban J connectivity index is 4.39. The number of carbonyl (C=O) groups is 2. The van der Waals surface area contributed by atoms with Crippen molar-refractivity contribution < 1.29 is 37.6 Å². The number of hydrogen-bond acceptors (Lipinski definition) is 8. The van der Waals surface area contributed by atoms with Crippen molar-refractivity contribution in [3.05, 3.63) is 0 Å². The van der Waals surface area contributed by atoms with Crippen LogP contribution >= 0.6 is 7.82 Å². The summed E-state index contributed by atoms with van der Waals surface area (Å²) in [5, 5.41) is 0. The van der Waals surface area contributed by atoms with E-state index < -0.39 is 32.5 Å². The van der Waals surface area contributed by atoms with Gasteiger partial charge in [0.05, 0.1) is 13.2 Å². The maximum absolute atomic E-state index is 12.3. The molecular formula is C25H50NO8P. The maximum atomic E-state index is 12.3. The van der Waals surface area contributed by atoms with E-state index in [-0.39, 0.29) is 32.6 Å². The second-order valence-corrected chi connectivity index (χ2v) is 10.4. The lowest BCUT2D eigenvalue weighted by Gasteiger charge is -2.19. The summed E-state index contributed by atoms with van der Waals surface area (Å²) in [6, 6.07) is 0. The molecule has 0 aromatic rings. The third-order valence-electron chi connectivity index (χ3n) is 5.49. The summed E-state index contributed by atoms with van der Waals surface area (Å²) in [6.45, 7) is 3.57. The predicted octanol–water partition coefficient (Wildman–Crippen LogP) is 5.82. The van der Waals surface area contributed by atoms with Gasteiger partial charge in [0.25, 0.3) is 0 Å². The summed E-state index contributed by atoms with van der Waals surface area (Å²) in [7, 11) is -4.34. The van der Waals surface area contributed by atoms with Crippen molar-refractivity contribution in [2.24, 2.45) is 5.73 Å². The molecule has 10 heteroatoms. The lowest BCUT2D eigenvalue weighted by atomic mass is 10.1. The lowest BCUT2D eigenvalue weighted by Crippen LogP contribution is -2.29. The Morgan fingerprint density at radius 3 is 1.74 bits per heavy atom. The van der Waals surface area contributed by atoms with E-state index in [9.17, 15) is 19.0 Å². The molecule has 0 aliphatic heterocycles. The van der Waals surface area contributed by atoms with Gasteiger partial charge in [0.1, 0.15) is 6.61 Å². The Labute approximate surface area is 212 Å². The van der Waals surface area contributed by atoms with Crippen LogP contribution in [0, 0.1) is 0 Å². The average Bonchev–Trinajstić information content (AvgIpc) is 2.83. The Bertz CT molecular complexity index is 576. The highest BCUT2D eigenvalue weighted by atomic mass is 31.2. The van der Waals surface area contributed by atoms with Gasteiger partial charge in [0, 0.05) is 19.4 Å². The van der Waals surface area contributed by atoms with Crippen molar-refractivity contribution in [2.45, 2.75) is 123 Å². The minimum absolute atomic E-state index is 0.0565. The van der Waals surface area contributed by atoms with E-state index in [4.69, 9.17) is 24.3 Å². The molecule has 0 amide bonds. The molecule has 0 aliphatic rings. The first-order valence-corrected chi connectivity index (χ1v) is 15.0. The standard InChI is InChI=1S/C25H50NO8P/c1-3-5-7-9-10-11-12-14-16-18-25(28)34-23(22-33-35(29,30)32-20-19-26)21-31-24(27)17-15-13-8-6-4-2/h23H,3-22,26H2,1-2H3,(H,29,30). The van der Waals surface area contributed by atoms with Gasteiger partial charge in [-0.05, 0) is 12.8 Å². The van der Waals surface area contributed by atoms with E-state index in [0.717, 1.165) is 51.4 Å². The number of phosphoric ester groups is 1. The number of unbranched alkanes of at least 4 members (excludes halogenated alkanes) is 12. The fourth-order valence-electron chi connectivity index (χ4n) is 3.45. The molecule has 0 heterocycles. The molecular weight excluding hydrogens is 473 g/mol. The Hall–Kier alpha value is -0.990. The summed E-state index contributed by atoms with van der Waals surface area (Å²) in [6.07, 6.45) is 14.7. The predicted molar refractivity (Wildman–Crippen MR) is 137 cm³/mol. The summed E-state index contributed by atoms with van der Waals surface area (Å²) in [4.78, 5) is 34.0. The highest BCUT2D eigenvalue weighted by Crippen LogP contribution is 2.43. The Morgan fingerprint density at radius 1 is 0.743 bits per heavy atom. The molecule has 35 heavy (non-hydrogen) atoms. The van der Waals surface area contributed by atoms with Gasteiger partial charge in [-0.1, -0.05) is 90.9 Å². The molecule has 0 rings (SSSR count). The first-order chi connectivity index (χ1) is 16.8. The molecule has 0 fully saturated rings. The summed E-state index contributed by atoms with van der Waals surface area (Å²) < 4.78 is 32.1. The first-order valence-electron chi connectivity index (χ1n) is 13.5. The molecule has 3 N–H and O–H groups in total. The molecule has 9 nitrogen and oxygen atoms in total. The van der Waals surface area contributed by atoms with E-state index >= 15 is 0 Å². The minimum Gasteiger partial charge on any atom is -0.462 e. The van der Waals surface area contributed by atoms with E-state index in [1.54, 1.807) is 0 Å². The number of phosphoric acid groups is 1. The molecule has 0 aliphatic carbocycles. The van der Waals surface area contributed by atoms with E-state index in [2.05, 4.69) is 13.8 Å². The van der Waals surface area contributed by atoms with Gasteiger partial charge < -0.3 is 20.1 Å². The lowest BCUT2D eigenvalue weighted by molar-refractivity contribution is -0.161. The fourth-order valence-corrected chi connectivity index (χ4v) is 4.22. The van der Waals surface area contributed by atoms with Crippen LogP contribution < -0.4 is 5.73 Å². The Morgan fingerprint density at radius 2 is 1.23 bits per heavy atom. The monoisotopic (exact) mass is 523 g/mol. The van der Waals surface area contributed by atoms with Crippen LogP contribution in [-0.2, 0) is 32.7 Å². The normalized spacial score (nSPS) is 13.8. The number of carbonyl (C=O) groups excluding carboxylic acids is 2. The average molecular weight is 524 g/mol. The van der Waals surface area contributed by atoms with Crippen LogP contribution in [-0.4, -0.2) is 49.3 Å². The third kappa shape index (κ3) is 23.2. The SMILES string of the molecule is CCCCCCCCCCCC(=O)OC(COC(=O)CCCCCCC)COP(=O)(O)OCCN. The van der Waals surface area contributed by atoms with Crippen LogP contribution in [0.15, 0.2) is 0 Å². The zero-order chi connectivity index (χ0) is 26.2. The van der Waals surface area contributed by atoms with Crippen molar-refractivity contribution in [1.82, 2.24) is 0 Å². The van der Waals surface area contributed by atoms with Crippen molar-refractivity contribution in [2.75, 3.05) is 26.4 Å². The molecule has 2 unspecified atom stereocenters. The number of nitrogens with two attached hydrogens (primary N) is 1. The first kappa shape index (κ1) is 34.0. The third-order valence-corrected chi connectivity index (χ3v) is 6.48. The van der Waals surface area contributed by atoms with E-state index in [1.807, 2.05) is 0 Å². The van der Waals surface area contributed by atoms with E-state index in [1.165, 1.54) is 32.1 Å². The van der Waals surface area contributed by atoms with Crippen LogP contribution in [0.1, 0.15) is 117 Å². The topological polar surface area (TPSA) is 134 Å². The highest BCUT2D eigenvalue weighted by molar-refractivity contribution is 7.47. The van der Waals surface area contributed by atoms with Gasteiger partial charge in [-0.15, -0.1) is 0 Å². The molecule has 0 saturated carbocycles. The second-order valence-electron chi connectivity index (χ2n) is 8.92. The van der Waals surface area contributed by atoms with Crippen LogP contribution in [0.2, 0.25) is 0 Å². The van der Waals surface area contributed by atoms with Gasteiger partial charge >= 0.3 is 19.8 Å². The van der Waals surface area contributed by atoms with Crippen LogP contribution in [0.4, 0.5) is 0 Å². The van der Waals surface area contributed by atoms with Gasteiger partial charge in [-0.2, -0.15) is 0 Å². The van der Waals surface area contributed by atoms with Crippen molar-refractivity contribution in [3.63, 3.8) is 0 Å². The number of hydrogen-bond donors (Lipinski definition) is 2. The molecule has 0 aromatic carbocycles. The number of rotatable bonds is 25. The fraction of sp³-hybridized carbons (Fsp3) is 0.920. The summed E-state index contributed by atoms with van der Waals surface area (Å²) in [5.74, 6) is -0.846. The van der Waals surface area contributed by atoms with Crippen LogP contribution in [0.5, 0.6) is 0 Å². The number of esters is 2. The molecule has 0 radical (unpaired) electrons. The van der Waals surface area contributed by atoms with Gasteiger partial charge in [-0.3, -0.25) is 18.6 Å². The van der Waals surface area contributed by atoms with Gasteiger partial charge in [0.15, 0.2) is 6.10 Å². The molecule has 0 saturated heterocycles. The zero-order valence-corrected chi connectivity index (χ0v) is 22.9. The van der Waals surface area contributed by atoms with Gasteiger partial charge in [0.2, 0.25) is 0 Å². The highest BCUT2D eigenvalue weighted by Gasteiger charge is 2.25. The van der Waals surface area contributed by atoms with Crippen LogP contribution in [0.25, 0.3) is 0 Å². The quantitative estimate of drug-likeness (QED) is 0.0862. The summed E-state index contributed by atoms with van der Waals surface area (Å²) >= 11 is 0. The minimum atomic E-state index is -4.34.